The van der Waals surface area contributed by atoms with Crippen LogP contribution in [0.3, 0.4) is 0 Å². The minimum absolute atomic E-state index is 0.0338. The summed E-state index contributed by atoms with van der Waals surface area (Å²) >= 11 is 0. The second kappa shape index (κ2) is 6.82. The van der Waals surface area contributed by atoms with Crippen molar-refractivity contribution in [1.29, 1.82) is 0 Å². The van der Waals surface area contributed by atoms with Crippen molar-refractivity contribution in [3.63, 3.8) is 0 Å². The third-order valence-electron chi connectivity index (χ3n) is 4.51. The number of benzene rings is 1. The Labute approximate surface area is 133 Å². The topological polar surface area (TPSA) is 54.5 Å². The lowest BCUT2D eigenvalue weighted by Gasteiger charge is -2.27. The Morgan fingerprint density at radius 2 is 1.95 bits per heavy atom. The highest BCUT2D eigenvalue weighted by Crippen LogP contribution is 2.28. The fourth-order valence-electron chi connectivity index (χ4n) is 3.31. The molecule has 1 aromatic carbocycles. The van der Waals surface area contributed by atoms with E-state index < -0.39 is 15.8 Å². The zero-order chi connectivity index (χ0) is 16.3. The number of carbonyl (C=O) groups is 1. The van der Waals surface area contributed by atoms with Crippen LogP contribution in [0.1, 0.15) is 25.8 Å². The lowest BCUT2D eigenvalue weighted by atomic mass is 9.93. The molecule has 122 valence electrons. The van der Waals surface area contributed by atoms with E-state index in [1.54, 1.807) is 6.92 Å². The molecule has 0 aromatic heterocycles. The Balaban J connectivity index is 1.98. The van der Waals surface area contributed by atoms with Crippen molar-refractivity contribution in [3.8, 4) is 0 Å². The summed E-state index contributed by atoms with van der Waals surface area (Å²) in [5, 5.41) is 0. The van der Waals surface area contributed by atoms with E-state index in [2.05, 4.69) is 19.1 Å². The molecule has 0 bridgehead atoms. The molecule has 0 unspecified atom stereocenters. The molecule has 1 aliphatic rings. The van der Waals surface area contributed by atoms with Gasteiger partial charge in [0.2, 0.25) is 5.91 Å². The number of amides is 1. The maximum Gasteiger partial charge on any atom is 0.226 e. The van der Waals surface area contributed by atoms with Crippen LogP contribution in [0.5, 0.6) is 0 Å². The SMILES string of the molecule is C[C@H](CS(C)(=O)=O)C(=O)N1CC[C@H](Cc2ccccc2)[C@H]1C. The lowest BCUT2D eigenvalue weighted by molar-refractivity contribution is -0.135. The van der Waals surface area contributed by atoms with Gasteiger partial charge >= 0.3 is 0 Å². The van der Waals surface area contributed by atoms with Crippen molar-refractivity contribution in [2.45, 2.75) is 32.7 Å². The molecule has 0 aliphatic carbocycles. The van der Waals surface area contributed by atoms with E-state index in [0.717, 1.165) is 19.4 Å². The van der Waals surface area contributed by atoms with Gasteiger partial charge < -0.3 is 4.90 Å². The molecule has 22 heavy (non-hydrogen) atoms. The molecule has 4 nitrogen and oxygen atoms in total. The zero-order valence-electron chi connectivity index (χ0n) is 13.5. The van der Waals surface area contributed by atoms with Crippen LogP contribution >= 0.6 is 0 Å². The van der Waals surface area contributed by atoms with Crippen molar-refractivity contribution in [1.82, 2.24) is 4.90 Å². The number of carbonyl (C=O) groups excluding carboxylic acids is 1. The molecule has 1 aromatic rings. The number of rotatable bonds is 5. The van der Waals surface area contributed by atoms with Gasteiger partial charge in [0.25, 0.3) is 0 Å². The van der Waals surface area contributed by atoms with Crippen LogP contribution in [0, 0.1) is 11.8 Å². The van der Waals surface area contributed by atoms with E-state index in [4.69, 9.17) is 0 Å². The molecule has 5 heteroatoms. The van der Waals surface area contributed by atoms with Gasteiger partial charge in [0.15, 0.2) is 0 Å². The predicted octanol–water partition coefficient (Wildman–Crippen LogP) is 2.15. The molecule has 0 spiro atoms. The average molecular weight is 323 g/mol. The maximum atomic E-state index is 12.5. The Morgan fingerprint density at radius 3 is 2.55 bits per heavy atom. The Morgan fingerprint density at radius 1 is 1.32 bits per heavy atom. The van der Waals surface area contributed by atoms with Crippen LogP contribution in [-0.4, -0.2) is 43.8 Å². The van der Waals surface area contributed by atoms with Gasteiger partial charge in [-0.3, -0.25) is 4.79 Å². The number of hydrogen-bond acceptors (Lipinski definition) is 3. The third kappa shape index (κ3) is 4.32. The van der Waals surface area contributed by atoms with Crippen LogP contribution in [0.2, 0.25) is 0 Å². The minimum Gasteiger partial charge on any atom is -0.339 e. The van der Waals surface area contributed by atoms with E-state index >= 15 is 0 Å². The molecule has 1 amide bonds. The minimum atomic E-state index is -3.12. The smallest absolute Gasteiger partial charge is 0.226 e. The van der Waals surface area contributed by atoms with Gasteiger partial charge in [-0.15, -0.1) is 0 Å². The molecule has 0 radical (unpaired) electrons. The molecule has 1 heterocycles. The van der Waals surface area contributed by atoms with Crippen LogP contribution in [-0.2, 0) is 21.1 Å². The van der Waals surface area contributed by atoms with Crippen molar-refractivity contribution in [2.75, 3.05) is 18.6 Å². The first kappa shape index (κ1) is 17.0. The molecule has 0 saturated carbocycles. The average Bonchev–Trinajstić information content (AvgIpc) is 2.79. The second-order valence-corrected chi connectivity index (χ2v) is 8.69. The van der Waals surface area contributed by atoms with Gasteiger partial charge in [0.05, 0.1) is 5.75 Å². The van der Waals surface area contributed by atoms with Crippen LogP contribution in [0.25, 0.3) is 0 Å². The van der Waals surface area contributed by atoms with Crippen molar-refractivity contribution < 1.29 is 13.2 Å². The molecule has 2 rings (SSSR count). The van der Waals surface area contributed by atoms with Gasteiger partial charge in [0.1, 0.15) is 9.84 Å². The molecule has 3 atom stereocenters. The highest BCUT2D eigenvalue weighted by molar-refractivity contribution is 7.90. The first-order valence-corrected chi connectivity index (χ1v) is 9.86. The number of likely N-dealkylation sites (tertiary alicyclic amines) is 1. The fraction of sp³-hybridized carbons (Fsp3) is 0.588. The second-order valence-electron chi connectivity index (χ2n) is 6.50. The van der Waals surface area contributed by atoms with Gasteiger partial charge in [-0.25, -0.2) is 8.42 Å². The molecule has 1 aliphatic heterocycles. The van der Waals surface area contributed by atoms with Gasteiger partial charge in [0, 0.05) is 24.8 Å². The largest absolute Gasteiger partial charge is 0.339 e. The normalized spacial score (nSPS) is 23.5. The Bertz CT molecular complexity index is 612. The summed E-state index contributed by atoms with van der Waals surface area (Å²) in [6, 6.07) is 10.5. The highest BCUT2D eigenvalue weighted by Gasteiger charge is 2.36. The summed E-state index contributed by atoms with van der Waals surface area (Å²) in [4.78, 5) is 14.4. The third-order valence-corrected chi connectivity index (χ3v) is 5.62. The number of hydrogen-bond donors (Lipinski definition) is 0. The maximum absolute atomic E-state index is 12.5. The summed E-state index contributed by atoms with van der Waals surface area (Å²) in [5.74, 6) is -0.128. The first-order valence-electron chi connectivity index (χ1n) is 7.80. The monoisotopic (exact) mass is 323 g/mol. The summed E-state index contributed by atoms with van der Waals surface area (Å²) in [7, 11) is -3.12. The Kier molecular flexibility index (Phi) is 5.27. The highest BCUT2D eigenvalue weighted by atomic mass is 32.2. The number of nitrogens with zero attached hydrogens (tertiary/aromatic N) is 1. The predicted molar refractivity (Wildman–Crippen MR) is 88.3 cm³/mol. The lowest BCUT2D eigenvalue weighted by Crippen LogP contribution is -2.41. The van der Waals surface area contributed by atoms with Crippen LogP contribution < -0.4 is 0 Å². The first-order chi connectivity index (χ1) is 10.3. The van der Waals surface area contributed by atoms with E-state index in [-0.39, 0.29) is 17.7 Å². The molecular weight excluding hydrogens is 298 g/mol. The fourth-order valence-corrected chi connectivity index (χ4v) is 4.36. The standard InChI is InChI=1S/C17H25NO3S/c1-13(12-22(3,20)21)17(19)18-10-9-16(14(18)2)11-15-7-5-4-6-8-15/h4-8,13-14,16H,9-12H2,1-3H3/t13-,14-,16-/m1/s1. The van der Waals surface area contributed by atoms with Crippen molar-refractivity contribution in [2.24, 2.45) is 11.8 Å². The quantitative estimate of drug-likeness (QED) is 0.834. The van der Waals surface area contributed by atoms with Gasteiger partial charge in [-0.2, -0.15) is 0 Å². The van der Waals surface area contributed by atoms with E-state index in [1.165, 1.54) is 11.8 Å². The van der Waals surface area contributed by atoms with Crippen molar-refractivity contribution in [3.05, 3.63) is 35.9 Å². The van der Waals surface area contributed by atoms with Gasteiger partial charge in [-0.05, 0) is 31.2 Å². The Hall–Kier alpha value is -1.36. The molecule has 0 N–H and O–H groups in total. The summed E-state index contributed by atoms with van der Waals surface area (Å²) in [6.45, 7) is 4.51. The van der Waals surface area contributed by atoms with E-state index in [9.17, 15) is 13.2 Å². The van der Waals surface area contributed by atoms with Gasteiger partial charge in [-0.1, -0.05) is 37.3 Å². The van der Waals surface area contributed by atoms with E-state index in [0.29, 0.717) is 5.92 Å². The van der Waals surface area contributed by atoms with E-state index in [1.807, 2.05) is 23.1 Å². The molecule has 1 fully saturated rings. The number of sulfone groups is 1. The van der Waals surface area contributed by atoms with Crippen LogP contribution in [0.15, 0.2) is 30.3 Å². The summed E-state index contributed by atoms with van der Waals surface area (Å²) in [5.41, 5.74) is 1.29. The molecule has 1 saturated heterocycles. The van der Waals surface area contributed by atoms with Crippen molar-refractivity contribution >= 4 is 15.7 Å². The zero-order valence-corrected chi connectivity index (χ0v) is 14.3. The van der Waals surface area contributed by atoms with Crippen LogP contribution in [0.4, 0.5) is 0 Å². The molecular formula is C17H25NO3S. The summed E-state index contributed by atoms with van der Waals surface area (Å²) in [6.07, 6.45) is 3.13. The summed E-state index contributed by atoms with van der Waals surface area (Å²) < 4.78 is 22.8.